The van der Waals surface area contributed by atoms with Gasteiger partial charge in [-0.3, -0.25) is 0 Å². The summed E-state index contributed by atoms with van der Waals surface area (Å²) < 4.78 is 0.550. The largest absolute Gasteiger partial charge is 0.480 e. The highest BCUT2D eigenvalue weighted by Gasteiger charge is 2.19. The van der Waals surface area contributed by atoms with Crippen molar-refractivity contribution in [2.75, 3.05) is 5.32 Å². The van der Waals surface area contributed by atoms with Crippen molar-refractivity contribution < 1.29 is 14.7 Å². The molecule has 1 aromatic carbocycles. The summed E-state index contributed by atoms with van der Waals surface area (Å²) in [5.74, 6) is -1.07. The smallest absolute Gasteiger partial charge is 0.326 e. The molecule has 0 aliphatic rings. The number of amides is 2. The average molecular weight is 340 g/mol. The number of carbonyl (C=O) groups is 2. The molecule has 1 aromatic rings. The van der Waals surface area contributed by atoms with Crippen molar-refractivity contribution in [3.8, 4) is 6.07 Å². The molecule has 0 spiro atoms. The number of benzene rings is 1. The zero-order chi connectivity index (χ0) is 15.1. The van der Waals surface area contributed by atoms with Gasteiger partial charge in [0.05, 0.1) is 17.3 Å². The van der Waals surface area contributed by atoms with Crippen LogP contribution in [0.25, 0.3) is 0 Å². The molecule has 0 bridgehead atoms. The summed E-state index contributed by atoms with van der Waals surface area (Å²) in [6.45, 7) is 1.84. The second-order valence-electron chi connectivity index (χ2n) is 4.08. The lowest BCUT2D eigenvalue weighted by molar-refractivity contribution is -0.139. The first-order valence-electron chi connectivity index (χ1n) is 5.98. The highest BCUT2D eigenvalue weighted by Crippen LogP contribution is 2.23. The number of anilines is 1. The van der Waals surface area contributed by atoms with Gasteiger partial charge in [-0.25, -0.2) is 9.59 Å². The van der Waals surface area contributed by atoms with E-state index in [4.69, 9.17) is 10.4 Å². The fourth-order valence-electron chi connectivity index (χ4n) is 1.55. The molecule has 0 heterocycles. The lowest BCUT2D eigenvalue weighted by atomic mass is 10.2. The Labute approximate surface area is 124 Å². The van der Waals surface area contributed by atoms with Crippen LogP contribution in [0.1, 0.15) is 25.3 Å². The Bertz CT molecular complexity index is 554. The lowest BCUT2D eigenvalue weighted by Gasteiger charge is -2.15. The number of aliphatic carboxylic acids is 1. The van der Waals surface area contributed by atoms with E-state index in [1.165, 1.54) is 0 Å². The molecule has 0 radical (unpaired) electrons. The molecule has 0 saturated carbocycles. The van der Waals surface area contributed by atoms with E-state index in [0.717, 1.165) is 0 Å². The number of halogens is 1. The molecule has 0 aliphatic carbocycles. The SMILES string of the molecule is CCCC(NC(=O)Nc1ccc(C#N)cc1Br)C(=O)O. The van der Waals surface area contributed by atoms with Gasteiger partial charge in [0.1, 0.15) is 6.04 Å². The normalized spacial score (nSPS) is 11.2. The van der Waals surface area contributed by atoms with Crippen LogP contribution in [0.5, 0.6) is 0 Å². The predicted molar refractivity (Wildman–Crippen MR) is 77.3 cm³/mol. The summed E-state index contributed by atoms with van der Waals surface area (Å²) >= 11 is 3.23. The second kappa shape index (κ2) is 7.50. The highest BCUT2D eigenvalue weighted by atomic mass is 79.9. The van der Waals surface area contributed by atoms with Gasteiger partial charge in [0.15, 0.2) is 0 Å². The van der Waals surface area contributed by atoms with Crippen LogP contribution in [0.4, 0.5) is 10.5 Å². The summed E-state index contributed by atoms with van der Waals surface area (Å²) in [7, 11) is 0. The van der Waals surface area contributed by atoms with Crippen LogP contribution in [0.3, 0.4) is 0 Å². The molecule has 2 amide bonds. The molecule has 0 aliphatic heterocycles. The van der Waals surface area contributed by atoms with E-state index in [1.54, 1.807) is 18.2 Å². The van der Waals surface area contributed by atoms with Gasteiger partial charge < -0.3 is 15.7 Å². The third kappa shape index (κ3) is 4.55. The van der Waals surface area contributed by atoms with Crippen molar-refractivity contribution in [3.63, 3.8) is 0 Å². The van der Waals surface area contributed by atoms with Crippen molar-refractivity contribution in [2.45, 2.75) is 25.8 Å². The number of carbonyl (C=O) groups excluding carboxylic acids is 1. The van der Waals surface area contributed by atoms with E-state index in [9.17, 15) is 9.59 Å². The number of nitrogens with one attached hydrogen (secondary N) is 2. The van der Waals surface area contributed by atoms with E-state index in [0.29, 0.717) is 28.6 Å². The first-order valence-corrected chi connectivity index (χ1v) is 6.77. The van der Waals surface area contributed by atoms with Crippen LogP contribution < -0.4 is 10.6 Å². The van der Waals surface area contributed by atoms with Crippen LogP contribution in [0, 0.1) is 11.3 Å². The van der Waals surface area contributed by atoms with Crippen LogP contribution in [-0.2, 0) is 4.79 Å². The van der Waals surface area contributed by atoms with Gasteiger partial charge in [-0.1, -0.05) is 13.3 Å². The minimum absolute atomic E-state index is 0.358. The molecule has 7 heteroatoms. The third-order valence-electron chi connectivity index (χ3n) is 2.53. The third-order valence-corrected chi connectivity index (χ3v) is 3.18. The predicted octanol–water partition coefficient (Wildman–Crippen LogP) is 2.70. The number of carboxylic acid groups (broad SMARTS) is 1. The van der Waals surface area contributed by atoms with Crippen LogP contribution in [-0.4, -0.2) is 23.1 Å². The number of nitriles is 1. The first kappa shape index (κ1) is 16.0. The quantitative estimate of drug-likeness (QED) is 0.767. The lowest BCUT2D eigenvalue weighted by Crippen LogP contribution is -2.42. The minimum atomic E-state index is -1.07. The van der Waals surface area contributed by atoms with Gasteiger partial charge >= 0.3 is 12.0 Å². The summed E-state index contributed by atoms with van der Waals surface area (Å²) in [6, 6.07) is 5.15. The van der Waals surface area contributed by atoms with E-state index in [-0.39, 0.29) is 0 Å². The minimum Gasteiger partial charge on any atom is -0.480 e. The van der Waals surface area contributed by atoms with E-state index < -0.39 is 18.0 Å². The van der Waals surface area contributed by atoms with E-state index >= 15 is 0 Å². The van der Waals surface area contributed by atoms with Crippen molar-refractivity contribution in [3.05, 3.63) is 28.2 Å². The summed E-state index contributed by atoms with van der Waals surface area (Å²) in [6.07, 6.45) is 1.01. The Balaban J connectivity index is 2.71. The fraction of sp³-hybridized carbons (Fsp3) is 0.308. The number of hydrogen-bond acceptors (Lipinski definition) is 3. The monoisotopic (exact) mass is 339 g/mol. The molecule has 20 heavy (non-hydrogen) atoms. The Hall–Kier alpha value is -2.07. The maximum absolute atomic E-state index is 11.7. The van der Waals surface area contributed by atoms with Crippen LogP contribution in [0.15, 0.2) is 22.7 Å². The zero-order valence-corrected chi connectivity index (χ0v) is 12.4. The molecule has 0 saturated heterocycles. The molecule has 0 aromatic heterocycles. The second-order valence-corrected chi connectivity index (χ2v) is 4.94. The van der Waals surface area contributed by atoms with Crippen molar-refractivity contribution in [2.24, 2.45) is 0 Å². The van der Waals surface area contributed by atoms with Crippen molar-refractivity contribution in [1.29, 1.82) is 5.26 Å². The molecule has 1 unspecified atom stereocenters. The van der Waals surface area contributed by atoms with E-state index in [1.807, 2.05) is 13.0 Å². The maximum atomic E-state index is 11.7. The van der Waals surface area contributed by atoms with Gasteiger partial charge in [0.25, 0.3) is 0 Å². The highest BCUT2D eigenvalue weighted by molar-refractivity contribution is 9.10. The molecule has 106 valence electrons. The van der Waals surface area contributed by atoms with E-state index in [2.05, 4.69) is 26.6 Å². The fourth-order valence-corrected chi connectivity index (χ4v) is 2.03. The number of rotatable bonds is 5. The number of urea groups is 1. The molecule has 1 atom stereocenters. The van der Waals surface area contributed by atoms with Crippen LogP contribution in [0.2, 0.25) is 0 Å². The van der Waals surface area contributed by atoms with Crippen molar-refractivity contribution >= 4 is 33.6 Å². The topological polar surface area (TPSA) is 102 Å². The average Bonchev–Trinajstić information content (AvgIpc) is 2.40. The van der Waals surface area contributed by atoms with Crippen LogP contribution >= 0.6 is 15.9 Å². The summed E-state index contributed by atoms with van der Waals surface area (Å²) in [4.78, 5) is 22.7. The maximum Gasteiger partial charge on any atom is 0.326 e. The van der Waals surface area contributed by atoms with Gasteiger partial charge in [0, 0.05) is 4.47 Å². The Morgan fingerprint density at radius 2 is 2.20 bits per heavy atom. The standard InChI is InChI=1S/C13H14BrN3O3/c1-2-3-11(12(18)19)17-13(20)16-10-5-4-8(7-15)6-9(10)14/h4-6,11H,2-3H2,1H3,(H,18,19)(H2,16,17,20). The molecule has 6 nitrogen and oxygen atoms in total. The van der Waals surface area contributed by atoms with Gasteiger partial charge in [-0.05, 0) is 40.5 Å². The van der Waals surface area contributed by atoms with Gasteiger partial charge in [-0.15, -0.1) is 0 Å². The van der Waals surface area contributed by atoms with Gasteiger partial charge in [0.2, 0.25) is 0 Å². The zero-order valence-electron chi connectivity index (χ0n) is 10.8. The number of hydrogen-bond donors (Lipinski definition) is 3. The van der Waals surface area contributed by atoms with Gasteiger partial charge in [-0.2, -0.15) is 5.26 Å². The molecule has 0 fully saturated rings. The molecule has 1 rings (SSSR count). The Morgan fingerprint density at radius 1 is 1.50 bits per heavy atom. The number of nitrogens with zero attached hydrogens (tertiary/aromatic N) is 1. The molecule has 3 N–H and O–H groups in total. The number of carboxylic acids is 1. The summed E-state index contributed by atoms with van der Waals surface area (Å²) in [5.41, 5.74) is 0.916. The summed E-state index contributed by atoms with van der Waals surface area (Å²) in [5, 5.41) is 22.6. The van der Waals surface area contributed by atoms with Crippen molar-refractivity contribution in [1.82, 2.24) is 5.32 Å². The Morgan fingerprint density at radius 3 is 2.70 bits per heavy atom. The molecular formula is C13H14BrN3O3. The first-order chi connectivity index (χ1) is 9.47. The Kier molecular flexibility index (Phi) is 6.00. The molecular weight excluding hydrogens is 326 g/mol.